The first-order valence-electron chi connectivity index (χ1n) is 7.34. The second-order valence-electron chi connectivity index (χ2n) is 6.76. The van der Waals surface area contributed by atoms with Gasteiger partial charge in [-0.1, -0.05) is 0 Å². The lowest BCUT2D eigenvalue weighted by atomic mass is 10.1. The summed E-state index contributed by atoms with van der Waals surface area (Å²) in [5, 5.41) is 6.22. The van der Waals surface area contributed by atoms with Crippen molar-refractivity contribution in [1.82, 2.24) is 20.2 Å². The third kappa shape index (κ3) is 6.62. The molecule has 0 unspecified atom stereocenters. The zero-order valence-electron chi connectivity index (χ0n) is 14.0. The van der Waals surface area contributed by atoms with Crippen molar-refractivity contribution < 1.29 is 9.53 Å². The summed E-state index contributed by atoms with van der Waals surface area (Å²) in [5.74, 6) is 0. The van der Waals surface area contributed by atoms with Gasteiger partial charge in [0.2, 0.25) is 0 Å². The molecule has 0 radical (unpaired) electrons. The average Bonchev–Trinajstić information content (AvgIpc) is 2.80. The molecule has 1 heterocycles. The van der Waals surface area contributed by atoms with Crippen molar-refractivity contribution >= 4 is 6.09 Å². The van der Waals surface area contributed by atoms with Gasteiger partial charge in [0.05, 0.1) is 12.0 Å². The van der Waals surface area contributed by atoms with Crippen molar-refractivity contribution in [3.05, 3.63) is 18.2 Å². The third-order valence-corrected chi connectivity index (χ3v) is 2.96. The Bertz CT molecular complexity index is 460. The average molecular weight is 296 g/mol. The van der Waals surface area contributed by atoms with Crippen LogP contribution in [0.4, 0.5) is 4.79 Å². The lowest BCUT2D eigenvalue weighted by Gasteiger charge is -2.28. The summed E-state index contributed by atoms with van der Waals surface area (Å²) >= 11 is 0. The fourth-order valence-electron chi connectivity index (χ4n) is 1.78. The normalized spacial score (nSPS) is 12.3. The number of aryl methyl sites for hydroxylation is 1. The first-order chi connectivity index (χ1) is 9.63. The van der Waals surface area contributed by atoms with Gasteiger partial charge in [-0.15, -0.1) is 0 Å². The molecule has 0 saturated heterocycles. The summed E-state index contributed by atoms with van der Waals surface area (Å²) in [5.41, 5.74) is 0.414. The number of hydrogen-bond acceptors (Lipinski definition) is 4. The number of nitrogens with zero attached hydrogens (tertiary/aromatic N) is 2. The lowest BCUT2D eigenvalue weighted by Crippen LogP contribution is -2.49. The van der Waals surface area contributed by atoms with Crippen molar-refractivity contribution in [3.8, 4) is 0 Å². The topological polar surface area (TPSA) is 68.2 Å². The van der Waals surface area contributed by atoms with Crippen LogP contribution < -0.4 is 10.6 Å². The molecular weight excluding hydrogens is 268 g/mol. The van der Waals surface area contributed by atoms with E-state index < -0.39 is 11.7 Å². The molecule has 6 nitrogen and oxygen atoms in total. The predicted molar refractivity (Wildman–Crippen MR) is 83.1 cm³/mol. The molecule has 0 spiro atoms. The molecule has 0 aliphatic heterocycles. The van der Waals surface area contributed by atoms with Crippen LogP contribution in [0.15, 0.2) is 12.5 Å². The van der Waals surface area contributed by atoms with E-state index in [-0.39, 0.29) is 5.54 Å². The number of imidazole rings is 1. The third-order valence-electron chi connectivity index (χ3n) is 2.96. The van der Waals surface area contributed by atoms with Gasteiger partial charge in [-0.2, -0.15) is 0 Å². The molecule has 0 saturated carbocycles. The second kappa shape index (κ2) is 6.93. The van der Waals surface area contributed by atoms with Crippen LogP contribution in [-0.4, -0.2) is 33.3 Å². The highest BCUT2D eigenvalue weighted by Gasteiger charge is 2.21. The van der Waals surface area contributed by atoms with Gasteiger partial charge in [0.15, 0.2) is 0 Å². The molecule has 1 rings (SSSR count). The smallest absolute Gasteiger partial charge is 0.407 e. The van der Waals surface area contributed by atoms with Gasteiger partial charge >= 0.3 is 6.09 Å². The Balaban J connectivity index is 2.41. The van der Waals surface area contributed by atoms with E-state index in [0.717, 1.165) is 12.2 Å². The van der Waals surface area contributed by atoms with Gasteiger partial charge < -0.3 is 19.9 Å². The van der Waals surface area contributed by atoms with Gasteiger partial charge in [-0.3, -0.25) is 0 Å². The Morgan fingerprint density at radius 2 is 2.00 bits per heavy atom. The lowest BCUT2D eigenvalue weighted by molar-refractivity contribution is 0.0513. The minimum atomic E-state index is -0.477. The van der Waals surface area contributed by atoms with Crippen LogP contribution in [0.3, 0.4) is 0 Å². The molecule has 6 heteroatoms. The van der Waals surface area contributed by atoms with Gasteiger partial charge in [-0.25, -0.2) is 9.78 Å². The van der Waals surface area contributed by atoms with Crippen LogP contribution in [0.2, 0.25) is 0 Å². The van der Waals surface area contributed by atoms with Crippen LogP contribution in [0.5, 0.6) is 0 Å². The largest absolute Gasteiger partial charge is 0.444 e. The van der Waals surface area contributed by atoms with E-state index in [2.05, 4.69) is 27.1 Å². The number of ether oxygens (including phenoxy) is 1. The molecule has 120 valence electrons. The van der Waals surface area contributed by atoms with E-state index in [1.54, 1.807) is 0 Å². The molecule has 2 N–H and O–H groups in total. The van der Waals surface area contributed by atoms with E-state index >= 15 is 0 Å². The van der Waals surface area contributed by atoms with Crippen molar-refractivity contribution in [2.45, 2.75) is 65.8 Å². The maximum absolute atomic E-state index is 11.7. The number of rotatable bonds is 6. The zero-order valence-corrected chi connectivity index (χ0v) is 14.0. The van der Waals surface area contributed by atoms with Crippen molar-refractivity contribution in [2.75, 3.05) is 6.54 Å². The summed E-state index contributed by atoms with van der Waals surface area (Å²) in [6, 6.07) is 0. The van der Waals surface area contributed by atoms with Gasteiger partial charge in [0, 0.05) is 31.4 Å². The monoisotopic (exact) mass is 296 g/mol. The van der Waals surface area contributed by atoms with Crippen LogP contribution >= 0.6 is 0 Å². The summed E-state index contributed by atoms with van der Waals surface area (Å²) in [7, 11) is 0. The van der Waals surface area contributed by atoms with Crippen LogP contribution in [-0.2, 0) is 17.8 Å². The van der Waals surface area contributed by atoms with E-state index in [1.165, 1.54) is 0 Å². The van der Waals surface area contributed by atoms with Crippen molar-refractivity contribution in [2.24, 2.45) is 0 Å². The number of carbonyl (C=O) groups is 1. The molecule has 1 amide bonds. The number of hydrogen-bond donors (Lipinski definition) is 2. The predicted octanol–water partition coefficient (Wildman–Crippen LogP) is 2.30. The fourth-order valence-corrected chi connectivity index (χ4v) is 1.78. The highest BCUT2D eigenvalue weighted by atomic mass is 16.6. The van der Waals surface area contributed by atoms with Gasteiger partial charge in [-0.05, 0) is 41.5 Å². The molecule has 0 bridgehead atoms. The second-order valence-corrected chi connectivity index (χ2v) is 6.76. The highest BCUT2D eigenvalue weighted by Crippen LogP contribution is 2.08. The Morgan fingerprint density at radius 3 is 2.57 bits per heavy atom. The molecule has 0 aliphatic rings. The Labute approximate surface area is 127 Å². The molecule has 1 aromatic heterocycles. The summed E-state index contributed by atoms with van der Waals surface area (Å²) in [6.45, 7) is 13.8. The molecular formula is C15H28N4O2. The minimum absolute atomic E-state index is 0.236. The number of aromatic nitrogens is 2. The highest BCUT2D eigenvalue weighted by molar-refractivity contribution is 5.67. The fraction of sp³-hybridized carbons (Fsp3) is 0.733. The summed E-state index contributed by atoms with van der Waals surface area (Å²) < 4.78 is 7.32. The van der Waals surface area contributed by atoms with Crippen LogP contribution in [0.25, 0.3) is 0 Å². The van der Waals surface area contributed by atoms with Gasteiger partial charge in [0.1, 0.15) is 5.60 Å². The Morgan fingerprint density at radius 1 is 1.33 bits per heavy atom. The van der Waals surface area contributed by atoms with E-state index in [4.69, 9.17) is 4.74 Å². The number of alkyl carbamates (subject to hydrolysis) is 1. The zero-order chi connectivity index (χ0) is 16.1. The van der Waals surface area contributed by atoms with Crippen LogP contribution in [0.1, 0.15) is 47.2 Å². The molecule has 0 atom stereocenters. The van der Waals surface area contributed by atoms with E-state index in [9.17, 15) is 4.79 Å². The van der Waals surface area contributed by atoms with Gasteiger partial charge in [0.25, 0.3) is 0 Å². The molecule has 0 fully saturated rings. The first kappa shape index (κ1) is 17.5. The molecule has 21 heavy (non-hydrogen) atoms. The Hall–Kier alpha value is -1.56. The van der Waals surface area contributed by atoms with E-state index in [1.807, 2.05) is 47.1 Å². The minimum Gasteiger partial charge on any atom is -0.444 e. The van der Waals surface area contributed by atoms with Crippen molar-refractivity contribution in [1.29, 1.82) is 0 Å². The number of amides is 1. The van der Waals surface area contributed by atoms with Crippen LogP contribution in [0, 0.1) is 0 Å². The molecule has 1 aromatic rings. The van der Waals surface area contributed by atoms with E-state index in [0.29, 0.717) is 13.1 Å². The standard InChI is InChI=1S/C15H28N4O2/c1-7-19-11-16-8-12(19)9-18-15(5,6)10-17-13(20)21-14(2,3)4/h8,11,18H,7,9-10H2,1-6H3,(H,17,20). The first-order valence-corrected chi connectivity index (χ1v) is 7.34. The Kier molecular flexibility index (Phi) is 5.78. The summed E-state index contributed by atoms with van der Waals surface area (Å²) in [4.78, 5) is 15.8. The number of carbonyl (C=O) groups excluding carboxylic acids is 1. The summed E-state index contributed by atoms with van der Waals surface area (Å²) in [6.07, 6.45) is 3.28. The maximum atomic E-state index is 11.7. The van der Waals surface area contributed by atoms with Crippen molar-refractivity contribution in [3.63, 3.8) is 0 Å². The number of nitrogens with one attached hydrogen (secondary N) is 2. The SMILES string of the molecule is CCn1cncc1CNC(C)(C)CNC(=O)OC(C)(C)C. The maximum Gasteiger partial charge on any atom is 0.407 e. The molecule has 0 aliphatic carbocycles. The molecule has 0 aromatic carbocycles. The quantitative estimate of drug-likeness (QED) is 0.845.